The zero-order valence-electron chi connectivity index (χ0n) is 18.7. The third kappa shape index (κ3) is 5.55. The maximum Gasteiger partial charge on any atom is 0.266 e. The molecule has 0 saturated carbocycles. The molecule has 4 aromatic rings. The number of aromatic nitrogens is 3. The Hall–Kier alpha value is -3.85. The molecule has 2 aromatic heterocycles. The van der Waals surface area contributed by atoms with Crippen molar-refractivity contribution in [2.75, 3.05) is 6.54 Å². The van der Waals surface area contributed by atoms with Crippen molar-refractivity contribution in [1.82, 2.24) is 20.1 Å². The van der Waals surface area contributed by atoms with Gasteiger partial charge < -0.3 is 10.1 Å². The third-order valence-corrected chi connectivity index (χ3v) is 6.25. The molecule has 0 aliphatic carbocycles. The highest BCUT2D eigenvalue weighted by atomic mass is 32.1. The molecule has 1 N–H and O–H groups in total. The van der Waals surface area contributed by atoms with Gasteiger partial charge in [0.15, 0.2) is 6.10 Å². The van der Waals surface area contributed by atoms with E-state index in [-0.39, 0.29) is 30.3 Å². The van der Waals surface area contributed by atoms with E-state index in [1.54, 1.807) is 19.1 Å². The smallest absolute Gasteiger partial charge is 0.266 e. The predicted octanol–water partition coefficient (Wildman–Crippen LogP) is 4.07. The van der Waals surface area contributed by atoms with E-state index >= 15 is 0 Å². The fraction of sp³-hybridized carbons (Fsp3) is 0.200. The molecule has 0 aliphatic rings. The molecule has 174 valence electrons. The van der Waals surface area contributed by atoms with E-state index in [2.05, 4.69) is 15.4 Å². The highest BCUT2D eigenvalue weighted by Crippen LogP contribution is 2.33. The number of carbonyl (C=O) groups excluding carboxylic acids is 1. The van der Waals surface area contributed by atoms with Crippen LogP contribution in [0.2, 0.25) is 0 Å². The van der Waals surface area contributed by atoms with Gasteiger partial charge in [0, 0.05) is 24.2 Å². The fourth-order valence-corrected chi connectivity index (χ4v) is 4.33. The summed E-state index contributed by atoms with van der Waals surface area (Å²) in [5.41, 5.74) is 2.23. The van der Waals surface area contributed by atoms with Gasteiger partial charge in [-0.3, -0.25) is 9.59 Å². The summed E-state index contributed by atoms with van der Waals surface area (Å²) in [7, 11) is 0. The summed E-state index contributed by atoms with van der Waals surface area (Å²) < 4.78 is 20.1. The van der Waals surface area contributed by atoms with Crippen LogP contribution in [-0.4, -0.2) is 33.3 Å². The van der Waals surface area contributed by atoms with E-state index < -0.39 is 11.9 Å². The lowest BCUT2D eigenvalue weighted by Crippen LogP contribution is -2.39. The maximum atomic E-state index is 13.3. The van der Waals surface area contributed by atoms with Crippen LogP contribution in [0.25, 0.3) is 21.1 Å². The average molecular weight is 479 g/mol. The van der Waals surface area contributed by atoms with E-state index in [1.807, 2.05) is 37.3 Å². The highest BCUT2D eigenvalue weighted by Gasteiger charge is 2.16. The monoisotopic (exact) mass is 478 g/mol. The van der Waals surface area contributed by atoms with Crippen LogP contribution in [0.5, 0.6) is 5.75 Å². The number of ether oxygens (including phenoxy) is 1. The molecule has 0 bridgehead atoms. The molecule has 34 heavy (non-hydrogen) atoms. The molecule has 1 atom stereocenters. The molecule has 4 rings (SSSR count). The molecule has 9 heteroatoms. The number of rotatable bonds is 8. The van der Waals surface area contributed by atoms with Gasteiger partial charge in [0.25, 0.3) is 11.5 Å². The molecule has 0 aliphatic heterocycles. The molecule has 1 unspecified atom stereocenters. The van der Waals surface area contributed by atoms with Gasteiger partial charge in [-0.2, -0.15) is 5.10 Å². The van der Waals surface area contributed by atoms with Crippen LogP contribution in [0.4, 0.5) is 4.39 Å². The van der Waals surface area contributed by atoms with E-state index in [0.717, 1.165) is 21.1 Å². The number of amides is 1. The number of hydrogen-bond donors (Lipinski definition) is 1. The lowest BCUT2D eigenvalue weighted by Gasteiger charge is -2.15. The lowest BCUT2D eigenvalue weighted by atomic mass is 10.2. The number of nitrogens with one attached hydrogen (secondary N) is 1. The first-order valence-electron chi connectivity index (χ1n) is 10.7. The summed E-state index contributed by atoms with van der Waals surface area (Å²) in [5, 5.41) is 8.08. The van der Waals surface area contributed by atoms with Crippen molar-refractivity contribution in [3.8, 4) is 26.9 Å². The molecule has 0 spiro atoms. The Morgan fingerprint density at radius 1 is 1.15 bits per heavy atom. The highest BCUT2D eigenvalue weighted by molar-refractivity contribution is 7.18. The molecule has 1 amide bonds. The Morgan fingerprint density at radius 3 is 2.71 bits per heavy atom. The summed E-state index contributed by atoms with van der Waals surface area (Å²) in [5.74, 6) is -0.551. The van der Waals surface area contributed by atoms with Gasteiger partial charge in [0.05, 0.1) is 17.1 Å². The van der Waals surface area contributed by atoms with Gasteiger partial charge in [-0.25, -0.2) is 14.1 Å². The molecule has 0 saturated heterocycles. The minimum atomic E-state index is -0.825. The van der Waals surface area contributed by atoms with Crippen LogP contribution in [0.1, 0.15) is 12.6 Å². The van der Waals surface area contributed by atoms with Gasteiger partial charge in [0.2, 0.25) is 0 Å². The topological polar surface area (TPSA) is 86.1 Å². The van der Waals surface area contributed by atoms with Crippen molar-refractivity contribution in [3.63, 3.8) is 0 Å². The largest absolute Gasteiger partial charge is 0.481 e. The summed E-state index contributed by atoms with van der Waals surface area (Å²) in [6.07, 6.45) is -0.825. The van der Waals surface area contributed by atoms with Gasteiger partial charge in [-0.1, -0.05) is 36.4 Å². The third-order valence-electron chi connectivity index (χ3n) is 5.02. The van der Waals surface area contributed by atoms with E-state index in [9.17, 15) is 14.0 Å². The molecular formula is C25H23FN4O3S. The number of benzene rings is 2. The zero-order chi connectivity index (χ0) is 24.1. The van der Waals surface area contributed by atoms with E-state index in [1.165, 1.54) is 40.3 Å². The molecule has 7 nitrogen and oxygen atoms in total. The lowest BCUT2D eigenvalue weighted by molar-refractivity contribution is -0.127. The van der Waals surface area contributed by atoms with Crippen molar-refractivity contribution in [2.45, 2.75) is 26.5 Å². The number of nitrogens with zero attached hydrogens (tertiary/aromatic N) is 3. The normalized spacial score (nSPS) is 11.7. The number of hydrogen-bond acceptors (Lipinski definition) is 6. The Morgan fingerprint density at radius 2 is 1.94 bits per heavy atom. The van der Waals surface area contributed by atoms with Crippen molar-refractivity contribution < 1.29 is 13.9 Å². The Kier molecular flexibility index (Phi) is 7.12. The van der Waals surface area contributed by atoms with Crippen LogP contribution >= 0.6 is 11.3 Å². The first-order chi connectivity index (χ1) is 16.4. The fourth-order valence-electron chi connectivity index (χ4n) is 3.30. The minimum Gasteiger partial charge on any atom is -0.481 e. The molecule has 2 heterocycles. The van der Waals surface area contributed by atoms with Crippen molar-refractivity contribution in [3.05, 3.63) is 88.6 Å². The van der Waals surface area contributed by atoms with Gasteiger partial charge in [0.1, 0.15) is 22.3 Å². The quantitative estimate of drug-likeness (QED) is 0.413. The summed E-state index contributed by atoms with van der Waals surface area (Å²) in [6, 6.07) is 18.6. The molecular weight excluding hydrogens is 455 g/mol. The molecule has 2 aromatic carbocycles. The maximum absolute atomic E-state index is 13.3. The first-order valence-corrected chi connectivity index (χ1v) is 11.5. The number of thiazole rings is 1. The summed E-state index contributed by atoms with van der Waals surface area (Å²) >= 11 is 1.51. The van der Waals surface area contributed by atoms with Crippen molar-refractivity contribution >= 4 is 17.2 Å². The Labute approximate surface area is 199 Å². The van der Waals surface area contributed by atoms with Crippen LogP contribution in [0.3, 0.4) is 0 Å². The standard InChI is InChI=1S/C25H23FN4O3S/c1-16-23(34-25(28-16)18-7-4-3-5-8-18)21-11-12-22(31)30(29-21)14-13-27-24(32)17(2)33-20-10-6-9-19(26)15-20/h3-12,15,17H,13-14H2,1-2H3,(H,27,32). The number of halogens is 1. The first kappa shape index (κ1) is 23.3. The van der Waals surface area contributed by atoms with Crippen molar-refractivity contribution in [2.24, 2.45) is 0 Å². The number of carbonyl (C=O) groups is 1. The van der Waals surface area contributed by atoms with E-state index in [0.29, 0.717) is 5.69 Å². The number of aryl methyl sites for hydroxylation is 1. The SMILES string of the molecule is Cc1nc(-c2ccccc2)sc1-c1ccc(=O)n(CCNC(=O)C(C)Oc2cccc(F)c2)n1. The summed E-state index contributed by atoms with van der Waals surface area (Å²) in [6.45, 7) is 3.86. The second-order valence-electron chi connectivity index (χ2n) is 7.59. The predicted molar refractivity (Wildman–Crippen MR) is 129 cm³/mol. The molecule has 0 radical (unpaired) electrons. The van der Waals surface area contributed by atoms with E-state index in [4.69, 9.17) is 4.74 Å². The van der Waals surface area contributed by atoms with Crippen LogP contribution in [0.15, 0.2) is 71.5 Å². The zero-order valence-corrected chi connectivity index (χ0v) is 19.5. The van der Waals surface area contributed by atoms with Crippen LogP contribution in [-0.2, 0) is 11.3 Å². The average Bonchev–Trinajstić information content (AvgIpc) is 3.22. The van der Waals surface area contributed by atoms with Gasteiger partial charge >= 0.3 is 0 Å². The van der Waals surface area contributed by atoms with Gasteiger partial charge in [-0.05, 0) is 32.0 Å². The summed E-state index contributed by atoms with van der Waals surface area (Å²) in [4.78, 5) is 30.2. The minimum absolute atomic E-state index is 0.184. The second-order valence-corrected chi connectivity index (χ2v) is 8.59. The molecule has 0 fully saturated rings. The van der Waals surface area contributed by atoms with Crippen molar-refractivity contribution in [1.29, 1.82) is 0 Å². The Balaban J connectivity index is 1.41. The van der Waals surface area contributed by atoms with Crippen LogP contribution < -0.4 is 15.6 Å². The van der Waals surface area contributed by atoms with Gasteiger partial charge in [-0.15, -0.1) is 11.3 Å². The Bertz CT molecular complexity index is 1350. The second kappa shape index (κ2) is 10.4. The van der Waals surface area contributed by atoms with Crippen LogP contribution in [0, 0.1) is 12.7 Å².